The van der Waals surface area contributed by atoms with Gasteiger partial charge in [0.15, 0.2) is 12.5 Å². The first kappa shape index (κ1) is 13.6. The zero-order valence-corrected chi connectivity index (χ0v) is 12.4. The van der Waals surface area contributed by atoms with Gasteiger partial charge in [-0.15, -0.1) is 0 Å². The van der Waals surface area contributed by atoms with Gasteiger partial charge in [-0.25, -0.2) is 4.68 Å². The third-order valence-electron chi connectivity index (χ3n) is 3.96. The summed E-state index contributed by atoms with van der Waals surface area (Å²) in [5, 5.41) is 6.06. The zero-order valence-electron chi connectivity index (χ0n) is 11.6. The lowest BCUT2D eigenvalue weighted by atomic mass is 10.0. The molecule has 1 aromatic heterocycles. The fourth-order valence-electron chi connectivity index (χ4n) is 2.86. The van der Waals surface area contributed by atoms with E-state index >= 15 is 0 Å². The van der Waals surface area contributed by atoms with Gasteiger partial charge in [-0.1, -0.05) is 11.6 Å². The lowest BCUT2D eigenvalue weighted by molar-refractivity contribution is -0.0368. The van der Waals surface area contributed by atoms with Crippen LogP contribution in [0, 0.1) is 13.8 Å². The number of hydrogen-bond donors (Lipinski definition) is 0. The molecule has 1 aromatic carbocycles. The highest BCUT2D eigenvalue weighted by Gasteiger charge is 2.22. The van der Waals surface area contributed by atoms with E-state index in [1.807, 2.05) is 24.6 Å². The number of aldehydes is 1. The number of rotatable bonds is 2. The van der Waals surface area contributed by atoms with E-state index in [0.29, 0.717) is 10.6 Å². The van der Waals surface area contributed by atoms with Crippen LogP contribution in [0.1, 0.15) is 47.1 Å². The molecule has 0 aliphatic carbocycles. The van der Waals surface area contributed by atoms with Crippen LogP contribution in [0.15, 0.2) is 6.07 Å². The van der Waals surface area contributed by atoms with Crippen molar-refractivity contribution in [1.82, 2.24) is 9.78 Å². The van der Waals surface area contributed by atoms with Crippen LogP contribution in [0.25, 0.3) is 10.9 Å². The lowest BCUT2D eigenvalue weighted by Gasteiger charge is -2.23. The van der Waals surface area contributed by atoms with E-state index in [-0.39, 0.29) is 6.23 Å². The Morgan fingerprint density at radius 3 is 2.90 bits per heavy atom. The number of halogens is 1. The summed E-state index contributed by atoms with van der Waals surface area (Å²) in [5.74, 6) is 0. The Bertz CT molecular complexity index is 672. The van der Waals surface area contributed by atoms with E-state index < -0.39 is 0 Å². The van der Waals surface area contributed by atoms with Gasteiger partial charge in [-0.05, 0) is 44.7 Å². The van der Waals surface area contributed by atoms with E-state index in [2.05, 4.69) is 5.10 Å². The van der Waals surface area contributed by atoms with Crippen molar-refractivity contribution in [1.29, 1.82) is 0 Å². The Kier molecular flexibility index (Phi) is 3.52. The summed E-state index contributed by atoms with van der Waals surface area (Å²) in [4.78, 5) is 11.4. The van der Waals surface area contributed by atoms with Crippen molar-refractivity contribution in [3.8, 4) is 0 Å². The fraction of sp³-hybridized carbons (Fsp3) is 0.467. The second kappa shape index (κ2) is 5.19. The van der Waals surface area contributed by atoms with Crippen molar-refractivity contribution < 1.29 is 9.53 Å². The predicted molar refractivity (Wildman–Crippen MR) is 78.4 cm³/mol. The van der Waals surface area contributed by atoms with Crippen molar-refractivity contribution in [3.63, 3.8) is 0 Å². The van der Waals surface area contributed by atoms with E-state index in [1.54, 1.807) is 0 Å². The van der Waals surface area contributed by atoms with E-state index in [9.17, 15) is 4.79 Å². The number of aromatic nitrogens is 2. The van der Waals surface area contributed by atoms with E-state index in [0.717, 1.165) is 54.3 Å². The number of nitrogens with zero attached hydrogens (tertiary/aromatic N) is 2. The van der Waals surface area contributed by atoms with Gasteiger partial charge >= 0.3 is 0 Å². The topological polar surface area (TPSA) is 44.1 Å². The van der Waals surface area contributed by atoms with Crippen molar-refractivity contribution >= 4 is 28.8 Å². The van der Waals surface area contributed by atoms with Crippen LogP contribution >= 0.6 is 11.6 Å². The molecule has 1 atom stereocenters. The number of benzene rings is 1. The summed E-state index contributed by atoms with van der Waals surface area (Å²) in [7, 11) is 0. The largest absolute Gasteiger partial charge is 0.356 e. The molecule has 1 aliphatic rings. The molecule has 1 saturated heterocycles. The van der Waals surface area contributed by atoms with Crippen LogP contribution in [0.3, 0.4) is 0 Å². The van der Waals surface area contributed by atoms with Crippen molar-refractivity contribution in [2.45, 2.75) is 39.3 Å². The van der Waals surface area contributed by atoms with Gasteiger partial charge in [0.2, 0.25) is 0 Å². The number of ether oxygens (including phenoxy) is 1. The molecule has 2 aromatic rings. The predicted octanol–water partition coefficient (Wildman–Crippen LogP) is 3.82. The molecule has 1 unspecified atom stereocenters. The van der Waals surface area contributed by atoms with Crippen LogP contribution in [0.4, 0.5) is 0 Å². The Morgan fingerprint density at radius 2 is 2.25 bits per heavy atom. The highest BCUT2D eigenvalue weighted by molar-refractivity contribution is 6.32. The van der Waals surface area contributed by atoms with Crippen molar-refractivity contribution in [2.75, 3.05) is 6.61 Å². The number of carbonyl (C=O) groups excluding carboxylic acids is 1. The van der Waals surface area contributed by atoms with Gasteiger partial charge in [0, 0.05) is 22.6 Å². The molecule has 0 saturated carbocycles. The summed E-state index contributed by atoms with van der Waals surface area (Å²) in [6.07, 6.45) is 3.97. The van der Waals surface area contributed by atoms with Gasteiger partial charge in [0.05, 0.1) is 11.2 Å². The first-order valence-electron chi connectivity index (χ1n) is 6.88. The molecular formula is C15H17ClN2O2. The summed E-state index contributed by atoms with van der Waals surface area (Å²) in [5.41, 5.74) is 3.16. The molecular weight excluding hydrogens is 276 g/mol. The molecule has 0 radical (unpaired) electrons. The maximum Gasteiger partial charge on any atom is 0.151 e. The van der Waals surface area contributed by atoms with Gasteiger partial charge in [0.25, 0.3) is 0 Å². The summed E-state index contributed by atoms with van der Waals surface area (Å²) < 4.78 is 7.68. The average molecular weight is 293 g/mol. The Labute approximate surface area is 122 Å². The van der Waals surface area contributed by atoms with Gasteiger partial charge in [0.1, 0.15) is 0 Å². The van der Waals surface area contributed by atoms with E-state index in [1.165, 1.54) is 0 Å². The van der Waals surface area contributed by atoms with Crippen LogP contribution in [0.5, 0.6) is 0 Å². The Morgan fingerprint density at radius 1 is 1.45 bits per heavy atom. The first-order chi connectivity index (χ1) is 9.63. The molecule has 0 bridgehead atoms. The van der Waals surface area contributed by atoms with Gasteiger partial charge in [-0.2, -0.15) is 5.10 Å². The van der Waals surface area contributed by atoms with Crippen LogP contribution < -0.4 is 0 Å². The lowest BCUT2D eigenvalue weighted by Crippen LogP contribution is -2.19. The number of aryl methyl sites for hydroxylation is 1. The monoisotopic (exact) mass is 292 g/mol. The number of fused-ring (bicyclic) bond motifs is 1. The minimum absolute atomic E-state index is 0.0572. The molecule has 1 fully saturated rings. The molecule has 2 heterocycles. The minimum Gasteiger partial charge on any atom is -0.356 e. The normalized spacial score (nSPS) is 19.4. The summed E-state index contributed by atoms with van der Waals surface area (Å²) >= 11 is 6.25. The van der Waals surface area contributed by atoms with Crippen molar-refractivity contribution in [2.24, 2.45) is 0 Å². The molecule has 20 heavy (non-hydrogen) atoms. The number of carbonyl (C=O) groups is 1. The number of hydrogen-bond acceptors (Lipinski definition) is 3. The standard InChI is InChI=1S/C15H17ClN2O2/c1-9-11(8-19)15-10(2)17-18(13(15)7-12(9)16)14-5-3-4-6-20-14/h7-8,14H,3-6H2,1-2H3. The molecule has 106 valence electrons. The highest BCUT2D eigenvalue weighted by Crippen LogP contribution is 2.33. The molecule has 0 spiro atoms. The van der Waals surface area contributed by atoms with E-state index in [4.69, 9.17) is 16.3 Å². The quantitative estimate of drug-likeness (QED) is 0.790. The summed E-state index contributed by atoms with van der Waals surface area (Å²) in [6, 6.07) is 1.89. The zero-order chi connectivity index (χ0) is 14.3. The smallest absolute Gasteiger partial charge is 0.151 e. The molecule has 0 N–H and O–H groups in total. The Balaban J connectivity index is 2.24. The van der Waals surface area contributed by atoms with Crippen molar-refractivity contribution in [3.05, 3.63) is 27.9 Å². The fourth-order valence-corrected chi connectivity index (χ4v) is 3.07. The third-order valence-corrected chi connectivity index (χ3v) is 4.36. The summed E-state index contributed by atoms with van der Waals surface area (Å²) in [6.45, 7) is 4.53. The maximum absolute atomic E-state index is 11.4. The first-order valence-corrected chi connectivity index (χ1v) is 7.26. The van der Waals surface area contributed by atoms with Crippen LogP contribution in [-0.2, 0) is 4.74 Å². The SMILES string of the molecule is Cc1c(Cl)cc2c(c(C)nn2C2CCCCO2)c1C=O. The van der Waals surface area contributed by atoms with Crippen LogP contribution in [-0.4, -0.2) is 22.7 Å². The third kappa shape index (κ3) is 2.03. The average Bonchev–Trinajstić information content (AvgIpc) is 2.78. The molecule has 1 aliphatic heterocycles. The maximum atomic E-state index is 11.4. The molecule has 0 amide bonds. The van der Waals surface area contributed by atoms with Gasteiger partial charge < -0.3 is 4.74 Å². The molecule has 5 heteroatoms. The second-order valence-corrected chi connectivity index (χ2v) is 5.67. The Hall–Kier alpha value is -1.39. The highest BCUT2D eigenvalue weighted by atomic mass is 35.5. The van der Waals surface area contributed by atoms with Crippen LogP contribution in [0.2, 0.25) is 5.02 Å². The minimum atomic E-state index is -0.0572. The van der Waals surface area contributed by atoms with Gasteiger partial charge in [-0.3, -0.25) is 4.79 Å². The molecule has 3 rings (SSSR count). The molecule has 4 nitrogen and oxygen atoms in total. The second-order valence-electron chi connectivity index (χ2n) is 5.26.